The Morgan fingerprint density at radius 1 is 1.09 bits per heavy atom. The van der Waals surface area contributed by atoms with Crippen LogP contribution in [0.1, 0.15) is 40.9 Å². The molecule has 1 atom stereocenters. The number of hydrogen-bond acceptors (Lipinski definition) is 7. The van der Waals surface area contributed by atoms with Gasteiger partial charge in [0.2, 0.25) is 6.29 Å². The van der Waals surface area contributed by atoms with E-state index in [2.05, 4.69) is 10.1 Å². The van der Waals surface area contributed by atoms with Crippen molar-refractivity contribution >= 4 is 11.7 Å². The van der Waals surface area contributed by atoms with Crippen molar-refractivity contribution in [2.45, 2.75) is 32.2 Å². The van der Waals surface area contributed by atoms with E-state index >= 15 is 0 Å². The van der Waals surface area contributed by atoms with Crippen LogP contribution in [0.2, 0.25) is 0 Å². The molecule has 35 heavy (non-hydrogen) atoms. The molecule has 0 radical (unpaired) electrons. The zero-order valence-corrected chi connectivity index (χ0v) is 18.9. The van der Waals surface area contributed by atoms with E-state index in [1.165, 1.54) is 30.5 Å². The number of aromatic carboxylic acids is 1. The van der Waals surface area contributed by atoms with E-state index in [0.717, 1.165) is 18.4 Å². The predicted molar refractivity (Wildman–Crippen MR) is 125 cm³/mol. The second-order valence-corrected chi connectivity index (χ2v) is 7.85. The third-order valence-corrected chi connectivity index (χ3v) is 5.22. The maximum absolute atomic E-state index is 13.1. The number of oxime groups is 1. The molecule has 1 aliphatic rings. The number of hydrogen-bond donors (Lipinski definition) is 1. The van der Waals surface area contributed by atoms with E-state index in [-0.39, 0.29) is 24.6 Å². The summed E-state index contributed by atoms with van der Waals surface area (Å²) in [6.45, 7) is 0.852. The van der Waals surface area contributed by atoms with Crippen molar-refractivity contribution in [2.24, 2.45) is 5.16 Å². The van der Waals surface area contributed by atoms with E-state index < -0.39 is 12.3 Å². The molecular formula is C26H25FN2O6. The van der Waals surface area contributed by atoms with E-state index in [1.54, 1.807) is 36.4 Å². The van der Waals surface area contributed by atoms with Gasteiger partial charge in [0, 0.05) is 18.7 Å². The van der Waals surface area contributed by atoms with Crippen molar-refractivity contribution in [3.8, 4) is 11.5 Å². The van der Waals surface area contributed by atoms with Crippen LogP contribution in [0.15, 0.2) is 72.0 Å². The van der Waals surface area contributed by atoms with Crippen LogP contribution in [0.25, 0.3) is 0 Å². The van der Waals surface area contributed by atoms with Crippen LogP contribution >= 0.6 is 0 Å². The Bertz CT molecular complexity index is 1160. The number of pyridine rings is 1. The molecule has 182 valence electrons. The first-order valence-corrected chi connectivity index (χ1v) is 11.2. The van der Waals surface area contributed by atoms with Gasteiger partial charge in [-0.1, -0.05) is 23.4 Å². The maximum atomic E-state index is 13.1. The summed E-state index contributed by atoms with van der Waals surface area (Å²) in [4.78, 5) is 21.2. The van der Waals surface area contributed by atoms with Crippen molar-refractivity contribution in [1.29, 1.82) is 0 Å². The molecule has 0 amide bonds. The number of halogens is 1. The fourth-order valence-corrected chi connectivity index (χ4v) is 3.34. The number of rotatable bonds is 10. The first-order chi connectivity index (χ1) is 17.1. The second kappa shape index (κ2) is 11.9. The summed E-state index contributed by atoms with van der Waals surface area (Å²) in [5.41, 5.74) is 1.55. The van der Waals surface area contributed by atoms with Gasteiger partial charge in [0.05, 0.1) is 17.9 Å². The quantitative estimate of drug-likeness (QED) is 0.328. The highest BCUT2D eigenvalue weighted by Crippen LogP contribution is 2.21. The molecule has 1 aromatic heterocycles. The average Bonchev–Trinajstić information content (AvgIpc) is 2.89. The van der Waals surface area contributed by atoms with Gasteiger partial charge in [-0.3, -0.25) is 4.98 Å². The van der Waals surface area contributed by atoms with Crippen LogP contribution in [-0.4, -0.2) is 41.3 Å². The van der Waals surface area contributed by atoms with Gasteiger partial charge >= 0.3 is 5.97 Å². The van der Waals surface area contributed by atoms with Crippen molar-refractivity contribution in [3.05, 3.63) is 89.5 Å². The average molecular weight is 480 g/mol. The number of carboxylic acids is 1. The minimum atomic E-state index is -1.07. The molecule has 9 heteroatoms. The van der Waals surface area contributed by atoms with Crippen LogP contribution in [0.5, 0.6) is 11.5 Å². The molecule has 0 saturated carbocycles. The summed E-state index contributed by atoms with van der Waals surface area (Å²) in [7, 11) is 0. The van der Waals surface area contributed by atoms with Gasteiger partial charge in [0.25, 0.3) is 0 Å². The number of aromatic nitrogens is 1. The minimum Gasteiger partial charge on any atom is -0.489 e. The highest BCUT2D eigenvalue weighted by atomic mass is 19.1. The number of carbonyl (C=O) groups is 1. The Balaban J connectivity index is 1.44. The van der Waals surface area contributed by atoms with Crippen LogP contribution < -0.4 is 9.47 Å². The van der Waals surface area contributed by atoms with Gasteiger partial charge < -0.3 is 24.2 Å². The highest BCUT2D eigenvalue weighted by molar-refractivity contribution is 6.01. The van der Waals surface area contributed by atoms with E-state index in [9.17, 15) is 14.3 Å². The third kappa shape index (κ3) is 7.25. The van der Waals surface area contributed by atoms with E-state index in [1.807, 2.05) is 0 Å². The second-order valence-electron chi connectivity index (χ2n) is 7.85. The molecule has 1 fully saturated rings. The number of benzene rings is 2. The van der Waals surface area contributed by atoms with Crippen LogP contribution in [-0.2, 0) is 16.2 Å². The molecule has 4 rings (SSSR count). The fourth-order valence-electron chi connectivity index (χ4n) is 3.34. The minimum absolute atomic E-state index is 0.0236. The van der Waals surface area contributed by atoms with Crippen molar-refractivity contribution in [2.75, 3.05) is 13.2 Å². The lowest BCUT2D eigenvalue weighted by atomic mass is 10.2. The monoisotopic (exact) mass is 480 g/mol. The smallest absolute Gasteiger partial charge is 0.335 e. The van der Waals surface area contributed by atoms with Crippen LogP contribution in [0, 0.1) is 5.82 Å². The first-order valence-electron chi connectivity index (χ1n) is 11.2. The molecule has 0 aliphatic carbocycles. The van der Waals surface area contributed by atoms with Gasteiger partial charge in [-0.2, -0.15) is 0 Å². The first kappa shape index (κ1) is 24.2. The summed E-state index contributed by atoms with van der Waals surface area (Å²) in [6, 6.07) is 15.9. The van der Waals surface area contributed by atoms with Gasteiger partial charge in [-0.25, -0.2) is 9.18 Å². The van der Waals surface area contributed by atoms with Crippen molar-refractivity contribution in [1.82, 2.24) is 4.98 Å². The zero-order valence-electron chi connectivity index (χ0n) is 18.9. The van der Waals surface area contributed by atoms with Gasteiger partial charge in [0.1, 0.15) is 36.2 Å². The number of ether oxygens (including phenoxy) is 3. The molecule has 1 aliphatic heterocycles. The molecule has 1 saturated heterocycles. The molecular weight excluding hydrogens is 455 g/mol. The number of nitrogens with zero attached hydrogens (tertiary/aromatic N) is 2. The van der Waals surface area contributed by atoms with Crippen molar-refractivity contribution in [3.63, 3.8) is 0 Å². The summed E-state index contributed by atoms with van der Waals surface area (Å²) in [5, 5.41) is 13.5. The summed E-state index contributed by atoms with van der Waals surface area (Å²) >= 11 is 0. The Morgan fingerprint density at radius 2 is 1.89 bits per heavy atom. The lowest BCUT2D eigenvalue weighted by Gasteiger charge is -2.20. The summed E-state index contributed by atoms with van der Waals surface area (Å²) < 4.78 is 30.3. The predicted octanol–water partition coefficient (Wildman–Crippen LogP) is 4.82. The lowest BCUT2D eigenvalue weighted by Crippen LogP contribution is -2.22. The zero-order chi connectivity index (χ0) is 24.5. The largest absolute Gasteiger partial charge is 0.489 e. The van der Waals surface area contributed by atoms with E-state index in [4.69, 9.17) is 19.0 Å². The molecule has 2 aromatic carbocycles. The fraction of sp³-hybridized carbons (Fsp3) is 0.269. The van der Waals surface area contributed by atoms with E-state index in [0.29, 0.717) is 35.9 Å². The maximum Gasteiger partial charge on any atom is 0.335 e. The molecule has 0 bridgehead atoms. The Kier molecular flexibility index (Phi) is 8.24. The van der Waals surface area contributed by atoms with Crippen LogP contribution in [0.4, 0.5) is 4.39 Å². The lowest BCUT2D eigenvalue weighted by molar-refractivity contribution is -0.162. The van der Waals surface area contributed by atoms with Crippen molar-refractivity contribution < 1.29 is 33.3 Å². The standard InChI is InChI=1S/C26H25FN2O6/c27-20-9-7-18(8-10-20)16-33-21-4-3-5-22(15-21)34-17-24(29-35-25-6-1-2-13-32-25)23-14-19(26(30)31)11-12-28-23/h3-5,7-12,14-15,25H,1-2,6,13,16-17H2,(H,30,31)/b29-24+. The summed E-state index contributed by atoms with van der Waals surface area (Å²) in [6.07, 6.45) is 3.60. The summed E-state index contributed by atoms with van der Waals surface area (Å²) in [5.74, 6) is -0.290. The van der Waals surface area contributed by atoms with Gasteiger partial charge in [-0.05, 0) is 54.8 Å². The topological polar surface area (TPSA) is 99.5 Å². The third-order valence-electron chi connectivity index (χ3n) is 5.22. The SMILES string of the molecule is O=C(O)c1ccnc(/C(COc2cccc(OCc3ccc(F)cc3)c2)=N/OC2CCCCO2)c1. The molecule has 1 unspecified atom stereocenters. The van der Waals surface area contributed by atoms with Gasteiger partial charge in [-0.15, -0.1) is 0 Å². The Hall–Kier alpha value is -3.98. The van der Waals surface area contributed by atoms with Crippen LogP contribution in [0.3, 0.4) is 0 Å². The molecule has 1 N–H and O–H groups in total. The molecule has 8 nitrogen and oxygen atoms in total. The molecule has 0 spiro atoms. The normalized spacial score (nSPS) is 15.9. The molecule has 3 aromatic rings. The Labute approximate surface area is 201 Å². The highest BCUT2D eigenvalue weighted by Gasteiger charge is 2.17. The van der Waals surface area contributed by atoms with Gasteiger partial charge in [0.15, 0.2) is 0 Å². The molecule has 2 heterocycles. The number of carboxylic acid groups (broad SMARTS) is 1. The Morgan fingerprint density at radius 3 is 2.63 bits per heavy atom.